The number of rotatable bonds is 3. The van der Waals surface area contributed by atoms with E-state index in [0.717, 1.165) is 22.6 Å². The van der Waals surface area contributed by atoms with E-state index in [1.54, 1.807) is 12.1 Å². The molecule has 164 valence electrons. The molecule has 9 nitrogen and oxygen atoms in total. The summed E-state index contributed by atoms with van der Waals surface area (Å²) in [6.45, 7) is 0. The summed E-state index contributed by atoms with van der Waals surface area (Å²) in [5.74, 6) is 0.855. The monoisotopic (exact) mass is 442 g/mol. The number of benzene rings is 3. The molecule has 0 aromatic heterocycles. The topological polar surface area (TPSA) is 106 Å². The van der Waals surface area contributed by atoms with Crippen LogP contribution in [0.5, 0.6) is 11.5 Å². The molecule has 3 heterocycles. The zero-order valence-electron chi connectivity index (χ0n) is 17.5. The number of para-hydroxylation sites is 1. The van der Waals surface area contributed by atoms with E-state index in [1.807, 2.05) is 48.5 Å². The summed E-state index contributed by atoms with van der Waals surface area (Å²) >= 11 is 0. The van der Waals surface area contributed by atoms with Crippen LogP contribution in [0.3, 0.4) is 0 Å². The van der Waals surface area contributed by atoms with Crippen LogP contribution in [0, 0.1) is 10.1 Å². The summed E-state index contributed by atoms with van der Waals surface area (Å²) in [4.78, 5) is 24.4. The SMILES string of the molecule is COc1ccc(C2=NN3C(C2)c2ccccc2OC32C(=O)Nc3ccc([N+](=O)[O-])cc32)cc1. The van der Waals surface area contributed by atoms with E-state index >= 15 is 0 Å². The lowest BCUT2D eigenvalue weighted by atomic mass is 9.92. The van der Waals surface area contributed by atoms with Gasteiger partial charge in [-0.05, 0) is 42.0 Å². The second-order valence-corrected chi connectivity index (χ2v) is 8.06. The number of methoxy groups -OCH3 is 1. The molecule has 3 aliphatic heterocycles. The van der Waals surface area contributed by atoms with Crippen molar-refractivity contribution in [3.05, 3.63) is 93.5 Å². The summed E-state index contributed by atoms with van der Waals surface area (Å²) in [7, 11) is 1.61. The summed E-state index contributed by atoms with van der Waals surface area (Å²) in [6, 6.07) is 19.1. The average Bonchev–Trinajstić information content (AvgIpc) is 3.40. The van der Waals surface area contributed by atoms with Crippen molar-refractivity contribution in [3.8, 4) is 11.5 Å². The number of hydrogen-bond acceptors (Lipinski definition) is 7. The number of fused-ring (bicyclic) bond motifs is 6. The van der Waals surface area contributed by atoms with Crippen LogP contribution in [0.1, 0.15) is 29.2 Å². The van der Waals surface area contributed by atoms with Crippen LogP contribution in [-0.4, -0.2) is 28.7 Å². The van der Waals surface area contributed by atoms with Gasteiger partial charge in [0.25, 0.3) is 11.6 Å². The minimum atomic E-state index is -1.64. The lowest BCUT2D eigenvalue weighted by Crippen LogP contribution is -2.55. The van der Waals surface area contributed by atoms with Crippen LogP contribution in [0.25, 0.3) is 0 Å². The highest BCUT2D eigenvalue weighted by Crippen LogP contribution is 2.54. The fourth-order valence-corrected chi connectivity index (χ4v) is 4.75. The molecule has 6 rings (SSSR count). The van der Waals surface area contributed by atoms with Crippen molar-refractivity contribution in [1.82, 2.24) is 5.01 Å². The Morgan fingerprint density at radius 1 is 1.18 bits per heavy atom. The number of hydrazone groups is 1. The predicted molar refractivity (Wildman–Crippen MR) is 119 cm³/mol. The predicted octanol–water partition coefficient (Wildman–Crippen LogP) is 3.95. The number of nitrogens with zero attached hydrogens (tertiary/aromatic N) is 3. The number of carbonyl (C=O) groups is 1. The number of carbonyl (C=O) groups excluding carboxylic acids is 1. The molecule has 3 aromatic carbocycles. The third-order valence-corrected chi connectivity index (χ3v) is 6.33. The van der Waals surface area contributed by atoms with Gasteiger partial charge in [0, 0.05) is 24.1 Å². The number of nitro groups is 1. The zero-order valence-corrected chi connectivity index (χ0v) is 17.5. The number of ether oxygens (including phenoxy) is 2. The number of anilines is 1. The molecule has 0 bridgehead atoms. The molecule has 0 fully saturated rings. The normalized spacial score (nSPS) is 22.1. The minimum Gasteiger partial charge on any atom is -0.497 e. The molecule has 2 unspecified atom stereocenters. The van der Waals surface area contributed by atoms with E-state index in [4.69, 9.17) is 14.6 Å². The molecule has 1 N–H and O–H groups in total. The molecule has 0 aliphatic carbocycles. The van der Waals surface area contributed by atoms with E-state index in [1.165, 1.54) is 18.2 Å². The standard InChI is InChI=1S/C24H18N4O5/c1-32-16-9-6-14(7-10-16)20-13-21-17-4-2-3-5-22(17)33-24(27(21)26-20)18-12-15(28(30)31)8-11-19(18)25-23(24)29/h2-12,21H,13H2,1H3,(H,25,29). The van der Waals surface area contributed by atoms with Crippen LogP contribution in [0.2, 0.25) is 0 Å². The van der Waals surface area contributed by atoms with Crippen LogP contribution in [-0.2, 0) is 10.5 Å². The molecule has 3 aliphatic rings. The fourth-order valence-electron chi connectivity index (χ4n) is 4.75. The second-order valence-electron chi connectivity index (χ2n) is 8.06. The maximum Gasteiger partial charge on any atom is 0.306 e. The third-order valence-electron chi connectivity index (χ3n) is 6.33. The third kappa shape index (κ3) is 2.65. The molecule has 9 heteroatoms. The highest BCUT2D eigenvalue weighted by Gasteiger charge is 2.61. The smallest absolute Gasteiger partial charge is 0.306 e. The van der Waals surface area contributed by atoms with Gasteiger partial charge in [-0.15, -0.1) is 0 Å². The van der Waals surface area contributed by atoms with Crippen molar-refractivity contribution in [3.63, 3.8) is 0 Å². The molecule has 0 saturated carbocycles. The largest absolute Gasteiger partial charge is 0.497 e. The summed E-state index contributed by atoms with van der Waals surface area (Å²) < 4.78 is 11.6. The van der Waals surface area contributed by atoms with Gasteiger partial charge in [0.2, 0.25) is 0 Å². The second kappa shape index (κ2) is 6.80. The van der Waals surface area contributed by atoms with Crippen molar-refractivity contribution >= 4 is 23.0 Å². The van der Waals surface area contributed by atoms with Crippen molar-refractivity contribution in [1.29, 1.82) is 0 Å². The summed E-state index contributed by atoms with van der Waals surface area (Å²) in [6.07, 6.45) is 0.548. The van der Waals surface area contributed by atoms with Gasteiger partial charge in [-0.2, -0.15) is 5.10 Å². The van der Waals surface area contributed by atoms with Gasteiger partial charge in [0.1, 0.15) is 11.5 Å². The van der Waals surface area contributed by atoms with E-state index in [2.05, 4.69) is 5.32 Å². The summed E-state index contributed by atoms with van der Waals surface area (Å²) in [5, 5.41) is 20.8. The van der Waals surface area contributed by atoms with Crippen molar-refractivity contribution in [2.75, 3.05) is 12.4 Å². The Morgan fingerprint density at radius 2 is 1.97 bits per heavy atom. The van der Waals surface area contributed by atoms with Crippen LogP contribution < -0.4 is 14.8 Å². The van der Waals surface area contributed by atoms with Gasteiger partial charge >= 0.3 is 5.72 Å². The highest BCUT2D eigenvalue weighted by atomic mass is 16.6. The van der Waals surface area contributed by atoms with Gasteiger partial charge < -0.3 is 14.8 Å². The van der Waals surface area contributed by atoms with Gasteiger partial charge in [-0.3, -0.25) is 14.9 Å². The molecular weight excluding hydrogens is 424 g/mol. The fraction of sp³-hybridized carbons (Fsp3) is 0.167. The number of nitrogens with one attached hydrogen (secondary N) is 1. The summed E-state index contributed by atoms with van der Waals surface area (Å²) in [5.41, 5.74) is 1.67. The van der Waals surface area contributed by atoms with Crippen molar-refractivity contribution in [2.45, 2.75) is 18.2 Å². The van der Waals surface area contributed by atoms with Crippen LogP contribution in [0.15, 0.2) is 71.8 Å². The van der Waals surface area contributed by atoms with Gasteiger partial charge in [-0.25, -0.2) is 5.01 Å². The van der Waals surface area contributed by atoms with Crippen molar-refractivity contribution in [2.24, 2.45) is 5.10 Å². The van der Waals surface area contributed by atoms with E-state index in [-0.39, 0.29) is 11.7 Å². The molecule has 33 heavy (non-hydrogen) atoms. The lowest BCUT2D eigenvalue weighted by molar-refractivity contribution is -0.385. The maximum atomic E-state index is 13.4. The molecule has 1 amide bonds. The Bertz CT molecular complexity index is 1350. The van der Waals surface area contributed by atoms with Gasteiger partial charge in [0.15, 0.2) is 0 Å². The number of amides is 1. The quantitative estimate of drug-likeness (QED) is 0.486. The lowest BCUT2D eigenvalue weighted by Gasteiger charge is -2.43. The zero-order chi connectivity index (χ0) is 22.7. The highest BCUT2D eigenvalue weighted by molar-refractivity contribution is 6.07. The first-order valence-electron chi connectivity index (χ1n) is 10.4. The van der Waals surface area contributed by atoms with Crippen molar-refractivity contribution < 1.29 is 19.2 Å². The van der Waals surface area contributed by atoms with E-state index in [9.17, 15) is 14.9 Å². The first-order valence-corrected chi connectivity index (χ1v) is 10.4. The molecular formula is C24H18N4O5. The Kier molecular flexibility index (Phi) is 3.97. The minimum absolute atomic E-state index is 0.123. The number of non-ortho nitro benzene ring substituents is 1. The van der Waals surface area contributed by atoms with Gasteiger partial charge in [0.05, 0.1) is 35.0 Å². The van der Waals surface area contributed by atoms with Gasteiger partial charge in [-0.1, -0.05) is 18.2 Å². The molecule has 3 aromatic rings. The first kappa shape index (κ1) is 19.3. The molecule has 0 radical (unpaired) electrons. The Labute approximate surface area is 188 Å². The Balaban J connectivity index is 1.54. The Morgan fingerprint density at radius 3 is 2.73 bits per heavy atom. The van der Waals surface area contributed by atoms with E-state index < -0.39 is 16.6 Å². The van der Waals surface area contributed by atoms with Crippen LogP contribution >= 0.6 is 0 Å². The molecule has 2 atom stereocenters. The average molecular weight is 442 g/mol. The molecule has 1 spiro atoms. The Hall–Kier alpha value is -4.40. The first-order chi connectivity index (χ1) is 16.0. The maximum absolute atomic E-state index is 13.4. The number of nitro benzene ring substituents is 1. The molecule has 0 saturated heterocycles. The number of hydrogen-bond donors (Lipinski definition) is 1. The van der Waals surface area contributed by atoms with Crippen LogP contribution in [0.4, 0.5) is 11.4 Å². The van der Waals surface area contributed by atoms with E-state index in [0.29, 0.717) is 23.4 Å².